The lowest BCUT2D eigenvalue weighted by molar-refractivity contribution is -0.142. The highest BCUT2D eigenvalue weighted by molar-refractivity contribution is 5.99. The maximum atomic E-state index is 11.5. The highest BCUT2D eigenvalue weighted by Gasteiger charge is 2.29. The van der Waals surface area contributed by atoms with Gasteiger partial charge in [0.05, 0.1) is 12.1 Å². The van der Waals surface area contributed by atoms with Crippen LogP contribution in [0.1, 0.15) is 12.0 Å². The molecule has 0 saturated carbocycles. The van der Waals surface area contributed by atoms with Gasteiger partial charge in [-0.15, -0.1) is 0 Å². The van der Waals surface area contributed by atoms with Gasteiger partial charge in [-0.25, -0.2) is 0 Å². The molecule has 0 saturated heterocycles. The van der Waals surface area contributed by atoms with Crippen molar-refractivity contribution in [2.24, 2.45) is 0 Å². The first-order chi connectivity index (χ1) is 7.56. The van der Waals surface area contributed by atoms with Crippen LogP contribution in [-0.2, 0) is 9.59 Å². The van der Waals surface area contributed by atoms with Crippen LogP contribution in [0, 0.1) is 6.92 Å². The summed E-state index contributed by atoms with van der Waals surface area (Å²) in [6.45, 7) is 1.90. The Morgan fingerprint density at radius 2 is 2.31 bits per heavy atom. The average Bonchev–Trinajstić information content (AvgIpc) is 2.19. The fourth-order valence-electron chi connectivity index (χ4n) is 1.56. The zero-order valence-electron chi connectivity index (χ0n) is 8.69. The number of rotatable bonds is 2. The maximum Gasteiger partial charge on any atom is 0.307 e. The third kappa shape index (κ3) is 1.98. The Balaban J connectivity index is 2.25. The van der Waals surface area contributed by atoms with Gasteiger partial charge in [-0.2, -0.15) is 0 Å². The van der Waals surface area contributed by atoms with Crippen molar-refractivity contribution < 1.29 is 19.4 Å². The van der Waals surface area contributed by atoms with E-state index in [2.05, 4.69) is 5.32 Å². The van der Waals surface area contributed by atoms with E-state index in [-0.39, 0.29) is 6.42 Å². The molecular weight excluding hydrogens is 210 g/mol. The van der Waals surface area contributed by atoms with Crippen LogP contribution in [-0.4, -0.2) is 23.1 Å². The molecular formula is C11H11NO4. The van der Waals surface area contributed by atoms with Gasteiger partial charge in [0.1, 0.15) is 5.75 Å². The van der Waals surface area contributed by atoms with Gasteiger partial charge in [0.25, 0.3) is 5.91 Å². The van der Waals surface area contributed by atoms with Gasteiger partial charge < -0.3 is 15.2 Å². The zero-order chi connectivity index (χ0) is 11.7. The average molecular weight is 221 g/mol. The zero-order valence-corrected chi connectivity index (χ0v) is 8.69. The minimum absolute atomic E-state index is 0.334. The molecule has 1 aromatic rings. The lowest BCUT2D eigenvalue weighted by Gasteiger charge is -2.25. The molecule has 0 aromatic heterocycles. The number of aryl methyl sites for hydroxylation is 1. The summed E-state index contributed by atoms with van der Waals surface area (Å²) in [5.41, 5.74) is 1.59. The standard InChI is InChI=1S/C11H11NO4/c1-6-2-3-8-7(4-6)12-11(15)9(16-8)5-10(13)14/h2-4,9H,5H2,1H3,(H,12,15)(H,13,14)/t9-/m0/s1. The molecule has 0 radical (unpaired) electrons. The van der Waals surface area contributed by atoms with Crippen LogP contribution in [0.2, 0.25) is 0 Å². The van der Waals surface area contributed by atoms with Crippen molar-refractivity contribution in [3.8, 4) is 5.75 Å². The predicted molar refractivity (Wildman–Crippen MR) is 56.5 cm³/mol. The van der Waals surface area contributed by atoms with Crippen LogP contribution in [0.3, 0.4) is 0 Å². The molecule has 1 aliphatic heterocycles. The summed E-state index contributed by atoms with van der Waals surface area (Å²) >= 11 is 0. The van der Waals surface area contributed by atoms with Crippen LogP contribution >= 0.6 is 0 Å². The predicted octanol–water partition coefficient (Wildman–Crippen LogP) is 1.17. The molecule has 1 atom stereocenters. The Kier molecular flexibility index (Phi) is 2.52. The van der Waals surface area contributed by atoms with E-state index >= 15 is 0 Å². The number of hydrogen-bond donors (Lipinski definition) is 2. The number of carbonyl (C=O) groups is 2. The topological polar surface area (TPSA) is 75.6 Å². The summed E-state index contributed by atoms with van der Waals surface area (Å²) in [6, 6.07) is 5.34. The first-order valence-electron chi connectivity index (χ1n) is 4.86. The molecule has 1 heterocycles. The van der Waals surface area contributed by atoms with Gasteiger partial charge in [0.2, 0.25) is 0 Å². The Morgan fingerprint density at radius 1 is 1.56 bits per heavy atom. The second-order valence-corrected chi connectivity index (χ2v) is 3.69. The van der Waals surface area contributed by atoms with Gasteiger partial charge in [-0.1, -0.05) is 6.07 Å². The van der Waals surface area contributed by atoms with E-state index in [1.165, 1.54) is 0 Å². The monoisotopic (exact) mass is 221 g/mol. The summed E-state index contributed by atoms with van der Waals surface area (Å²) < 4.78 is 5.32. The fourth-order valence-corrected chi connectivity index (χ4v) is 1.56. The van der Waals surface area contributed by atoms with Crippen LogP contribution in [0.15, 0.2) is 18.2 Å². The molecule has 0 fully saturated rings. The van der Waals surface area contributed by atoms with E-state index in [9.17, 15) is 9.59 Å². The van der Waals surface area contributed by atoms with Crippen molar-refractivity contribution in [3.63, 3.8) is 0 Å². The number of amides is 1. The number of benzene rings is 1. The quantitative estimate of drug-likeness (QED) is 0.786. The highest BCUT2D eigenvalue weighted by atomic mass is 16.5. The molecule has 5 heteroatoms. The molecule has 0 bridgehead atoms. The number of hydrogen-bond acceptors (Lipinski definition) is 3. The molecule has 1 amide bonds. The molecule has 0 unspecified atom stereocenters. The normalized spacial score (nSPS) is 18.3. The van der Waals surface area contributed by atoms with E-state index in [0.29, 0.717) is 11.4 Å². The van der Waals surface area contributed by atoms with Crippen molar-refractivity contribution in [1.82, 2.24) is 0 Å². The van der Waals surface area contributed by atoms with Crippen molar-refractivity contribution in [2.45, 2.75) is 19.4 Å². The largest absolute Gasteiger partial charge is 0.481 e. The molecule has 16 heavy (non-hydrogen) atoms. The number of carboxylic acid groups (broad SMARTS) is 1. The minimum Gasteiger partial charge on any atom is -0.481 e. The number of carbonyl (C=O) groups excluding carboxylic acids is 1. The number of fused-ring (bicyclic) bond motifs is 1. The van der Waals surface area contributed by atoms with E-state index < -0.39 is 18.0 Å². The fraction of sp³-hybridized carbons (Fsp3) is 0.273. The van der Waals surface area contributed by atoms with Crippen LogP contribution in [0.25, 0.3) is 0 Å². The van der Waals surface area contributed by atoms with Crippen LogP contribution < -0.4 is 10.1 Å². The number of anilines is 1. The smallest absolute Gasteiger partial charge is 0.307 e. The van der Waals surface area contributed by atoms with Crippen LogP contribution in [0.4, 0.5) is 5.69 Å². The Morgan fingerprint density at radius 3 is 3.00 bits per heavy atom. The van der Waals surface area contributed by atoms with Crippen molar-refractivity contribution in [2.75, 3.05) is 5.32 Å². The Bertz CT molecular complexity index is 455. The number of ether oxygens (including phenoxy) is 1. The van der Waals surface area contributed by atoms with Crippen molar-refractivity contribution >= 4 is 17.6 Å². The number of nitrogens with one attached hydrogen (secondary N) is 1. The first kappa shape index (κ1) is 10.5. The molecule has 1 aromatic carbocycles. The van der Waals surface area contributed by atoms with Gasteiger partial charge in [0, 0.05) is 0 Å². The second-order valence-electron chi connectivity index (χ2n) is 3.69. The molecule has 2 rings (SSSR count). The van der Waals surface area contributed by atoms with Gasteiger partial charge in [0.15, 0.2) is 6.10 Å². The molecule has 0 spiro atoms. The van der Waals surface area contributed by atoms with Gasteiger partial charge in [-0.05, 0) is 24.6 Å². The summed E-state index contributed by atoms with van der Waals surface area (Å²) in [4.78, 5) is 22.0. The van der Waals surface area contributed by atoms with E-state index in [1.54, 1.807) is 12.1 Å². The summed E-state index contributed by atoms with van der Waals surface area (Å²) in [6.07, 6.45) is -1.29. The third-order valence-corrected chi connectivity index (χ3v) is 2.31. The third-order valence-electron chi connectivity index (χ3n) is 2.31. The highest BCUT2D eigenvalue weighted by Crippen LogP contribution is 2.30. The van der Waals surface area contributed by atoms with E-state index in [4.69, 9.17) is 9.84 Å². The molecule has 84 valence electrons. The van der Waals surface area contributed by atoms with Gasteiger partial charge >= 0.3 is 5.97 Å². The summed E-state index contributed by atoms with van der Waals surface area (Å²) in [5, 5.41) is 11.2. The molecule has 1 aliphatic rings. The number of aliphatic carboxylic acids is 1. The summed E-state index contributed by atoms with van der Waals surface area (Å²) in [5.74, 6) is -0.965. The Labute approximate surface area is 92.0 Å². The minimum atomic E-state index is -1.06. The molecule has 2 N–H and O–H groups in total. The van der Waals surface area contributed by atoms with E-state index in [1.807, 2.05) is 13.0 Å². The molecule has 0 aliphatic carbocycles. The number of carboxylic acids is 1. The van der Waals surface area contributed by atoms with Crippen molar-refractivity contribution in [1.29, 1.82) is 0 Å². The second kappa shape index (κ2) is 3.84. The lowest BCUT2D eigenvalue weighted by atomic mass is 10.1. The first-order valence-corrected chi connectivity index (χ1v) is 4.86. The van der Waals surface area contributed by atoms with Gasteiger partial charge in [-0.3, -0.25) is 9.59 Å². The lowest BCUT2D eigenvalue weighted by Crippen LogP contribution is -2.38. The van der Waals surface area contributed by atoms with E-state index in [0.717, 1.165) is 5.56 Å². The Hall–Kier alpha value is -2.04. The maximum absolute atomic E-state index is 11.5. The van der Waals surface area contributed by atoms with Crippen molar-refractivity contribution in [3.05, 3.63) is 23.8 Å². The SMILES string of the molecule is Cc1ccc2c(c1)NC(=O)[C@H](CC(=O)O)O2. The summed E-state index contributed by atoms with van der Waals surface area (Å²) in [7, 11) is 0. The molecule has 5 nitrogen and oxygen atoms in total. The van der Waals surface area contributed by atoms with Crippen LogP contribution in [0.5, 0.6) is 5.75 Å².